The van der Waals surface area contributed by atoms with Gasteiger partial charge >= 0.3 is 0 Å². The van der Waals surface area contributed by atoms with E-state index >= 15 is 0 Å². The van der Waals surface area contributed by atoms with Gasteiger partial charge in [-0.1, -0.05) is 0 Å². The van der Waals surface area contributed by atoms with Gasteiger partial charge in [0.15, 0.2) is 0 Å². The minimum atomic E-state index is -0.0297. The number of piperidine rings is 1. The van der Waals surface area contributed by atoms with Crippen molar-refractivity contribution in [3.8, 4) is 5.69 Å². The standard InChI is InChI=1S/C18H20N4O2/c1-20-8-6-14-10-22(11-16(14)18(20)24)17(23)13-2-4-15(5-3-13)21-9-7-19-12-21/h2-5,7,9,12,14,16H,6,8,10-11H2,1H3/t14-,16+/m1/s1. The van der Waals surface area contributed by atoms with Crippen molar-refractivity contribution in [1.82, 2.24) is 19.4 Å². The summed E-state index contributed by atoms with van der Waals surface area (Å²) in [5.74, 6) is 0.467. The van der Waals surface area contributed by atoms with Crippen molar-refractivity contribution in [2.45, 2.75) is 6.42 Å². The van der Waals surface area contributed by atoms with Crippen molar-refractivity contribution in [3.63, 3.8) is 0 Å². The molecule has 0 radical (unpaired) electrons. The number of benzene rings is 1. The molecule has 2 aromatic rings. The normalized spacial score (nSPS) is 23.5. The molecule has 124 valence electrons. The predicted molar refractivity (Wildman–Crippen MR) is 88.7 cm³/mol. The first-order chi connectivity index (χ1) is 11.6. The molecule has 2 atom stereocenters. The maximum atomic E-state index is 12.8. The van der Waals surface area contributed by atoms with E-state index in [9.17, 15) is 9.59 Å². The molecule has 1 aromatic heterocycles. The second kappa shape index (κ2) is 5.78. The highest BCUT2D eigenvalue weighted by molar-refractivity contribution is 5.95. The number of likely N-dealkylation sites (tertiary alicyclic amines) is 2. The van der Waals surface area contributed by atoms with Crippen LogP contribution in [0.5, 0.6) is 0 Å². The Bertz CT molecular complexity index is 754. The van der Waals surface area contributed by atoms with Crippen LogP contribution in [0.2, 0.25) is 0 Å². The molecule has 2 aliphatic rings. The lowest BCUT2D eigenvalue weighted by Crippen LogP contribution is -2.42. The summed E-state index contributed by atoms with van der Waals surface area (Å²) in [4.78, 5) is 32.7. The van der Waals surface area contributed by atoms with Gasteiger partial charge in [-0.05, 0) is 36.6 Å². The number of carbonyl (C=O) groups is 2. The van der Waals surface area contributed by atoms with Gasteiger partial charge < -0.3 is 14.4 Å². The SMILES string of the molecule is CN1CC[C@@H]2CN(C(=O)c3ccc(-n4ccnc4)cc3)C[C@@H]2C1=O. The topological polar surface area (TPSA) is 58.4 Å². The maximum absolute atomic E-state index is 12.8. The van der Waals surface area contributed by atoms with E-state index in [1.54, 1.807) is 17.4 Å². The third kappa shape index (κ3) is 2.48. The third-order valence-corrected chi connectivity index (χ3v) is 5.17. The molecule has 0 bridgehead atoms. The highest BCUT2D eigenvalue weighted by Crippen LogP contribution is 2.32. The molecule has 2 aliphatic heterocycles. The number of amides is 2. The summed E-state index contributed by atoms with van der Waals surface area (Å²) < 4.78 is 1.90. The zero-order valence-corrected chi connectivity index (χ0v) is 13.6. The lowest BCUT2D eigenvalue weighted by atomic mass is 9.88. The van der Waals surface area contributed by atoms with E-state index in [1.807, 2.05) is 47.0 Å². The van der Waals surface area contributed by atoms with Crippen LogP contribution in [0.1, 0.15) is 16.8 Å². The fraction of sp³-hybridized carbons (Fsp3) is 0.389. The monoisotopic (exact) mass is 324 g/mol. The first kappa shape index (κ1) is 14.9. The molecule has 6 heteroatoms. The molecule has 1 aromatic carbocycles. The van der Waals surface area contributed by atoms with E-state index < -0.39 is 0 Å². The van der Waals surface area contributed by atoms with Gasteiger partial charge in [-0.2, -0.15) is 0 Å². The first-order valence-corrected chi connectivity index (χ1v) is 8.26. The summed E-state index contributed by atoms with van der Waals surface area (Å²) in [6, 6.07) is 7.51. The average molecular weight is 324 g/mol. The Kier molecular flexibility index (Phi) is 3.59. The molecule has 6 nitrogen and oxygen atoms in total. The molecule has 2 amide bonds. The van der Waals surface area contributed by atoms with Crippen molar-refractivity contribution < 1.29 is 9.59 Å². The lowest BCUT2D eigenvalue weighted by Gasteiger charge is -2.30. The molecular weight excluding hydrogens is 304 g/mol. The molecule has 2 fully saturated rings. The minimum Gasteiger partial charge on any atom is -0.345 e. The zero-order chi connectivity index (χ0) is 16.7. The second-order valence-corrected chi connectivity index (χ2v) is 6.64. The Hall–Kier alpha value is -2.63. The maximum Gasteiger partial charge on any atom is 0.253 e. The molecule has 2 saturated heterocycles. The molecule has 0 unspecified atom stereocenters. The molecule has 0 N–H and O–H groups in total. The van der Waals surface area contributed by atoms with Gasteiger partial charge in [0.25, 0.3) is 5.91 Å². The van der Waals surface area contributed by atoms with Gasteiger partial charge in [0.2, 0.25) is 5.91 Å². The summed E-state index contributed by atoms with van der Waals surface area (Å²) >= 11 is 0. The fourth-order valence-electron chi connectivity index (χ4n) is 3.73. The van der Waals surface area contributed by atoms with E-state index in [1.165, 1.54) is 0 Å². The Labute approximate surface area is 140 Å². The fourth-order valence-corrected chi connectivity index (χ4v) is 3.73. The number of fused-ring (bicyclic) bond motifs is 1. The van der Waals surface area contributed by atoms with Crippen molar-refractivity contribution in [2.24, 2.45) is 11.8 Å². The van der Waals surface area contributed by atoms with Crippen LogP contribution in [-0.4, -0.2) is 57.8 Å². The molecular formula is C18H20N4O2. The van der Waals surface area contributed by atoms with Crippen LogP contribution >= 0.6 is 0 Å². The van der Waals surface area contributed by atoms with Crippen LogP contribution in [0.15, 0.2) is 43.0 Å². The number of imidazole rings is 1. The number of nitrogens with zero attached hydrogens (tertiary/aromatic N) is 4. The van der Waals surface area contributed by atoms with Gasteiger partial charge in [-0.15, -0.1) is 0 Å². The summed E-state index contributed by atoms with van der Waals surface area (Å²) in [6.45, 7) is 2.02. The Morgan fingerprint density at radius 1 is 1.21 bits per heavy atom. The summed E-state index contributed by atoms with van der Waals surface area (Å²) in [5, 5.41) is 0. The van der Waals surface area contributed by atoms with Gasteiger partial charge in [0.1, 0.15) is 0 Å². The summed E-state index contributed by atoms with van der Waals surface area (Å²) in [6.07, 6.45) is 6.30. The lowest BCUT2D eigenvalue weighted by molar-refractivity contribution is -0.137. The van der Waals surface area contributed by atoms with Crippen LogP contribution < -0.4 is 0 Å². The predicted octanol–water partition coefficient (Wildman–Crippen LogP) is 1.42. The smallest absolute Gasteiger partial charge is 0.253 e. The summed E-state index contributed by atoms with van der Waals surface area (Å²) in [7, 11) is 1.85. The quantitative estimate of drug-likeness (QED) is 0.839. The summed E-state index contributed by atoms with van der Waals surface area (Å²) in [5.41, 5.74) is 1.63. The van der Waals surface area contributed by atoms with Crippen molar-refractivity contribution in [2.75, 3.05) is 26.7 Å². The Balaban J connectivity index is 1.49. The number of carbonyl (C=O) groups excluding carboxylic acids is 2. The van der Waals surface area contributed by atoms with Crippen molar-refractivity contribution in [3.05, 3.63) is 48.5 Å². The van der Waals surface area contributed by atoms with Crippen molar-refractivity contribution >= 4 is 11.8 Å². The van der Waals surface area contributed by atoms with E-state index in [-0.39, 0.29) is 17.7 Å². The second-order valence-electron chi connectivity index (χ2n) is 6.64. The zero-order valence-electron chi connectivity index (χ0n) is 13.6. The van der Waals surface area contributed by atoms with Gasteiger partial charge in [-0.3, -0.25) is 9.59 Å². The number of hydrogen-bond acceptors (Lipinski definition) is 3. The number of rotatable bonds is 2. The Morgan fingerprint density at radius 2 is 2.00 bits per heavy atom. The van der Waals surface area contributed by atoms with E-state index in [0.717, 1.165) is 18.7 Å². The third-order valence-electron chi connectivity index (χ3n) is 5.17. The highest BCUT2D eigenvalue weighted by Gasteiger charge is 2.43. The van der Waals surface area contributed by atoms with Crippen LogP contribution in [0.25, 0.3) is 5.69 Å². The number of hydrogen-bond donors (Lipinski definition) is 0. The highest BCUT2D eigenvalue weighted by atomic mass is 16.2. The Morgan fingerprint density at radius 3 is 2.71 bits per heavy atom. The van der Waals surface area contributed by atoms with Crippen LogP contribution in [-0.2, 0) is 4.79 Å². The molecule has 4 rings (SSSR count). The largest absolute Gasteiger partial charge is 0.345 e. The van der Waals surface area contributed by atoms with Gasteiger partial charge in [-0.25, -0.2) is 4.98 Å². The van der Waals surface area contributed by atoms with Gasteiger partial charge in [0, 0.05) is 50.3 Å². The molecule has 0 spiro atoms. The molecule has 0 aliphatic carbocycles. The van der Waals surface area contributed by atoms with Crippen molar-refractivity contribution in [1.29, 1.82) is 0 Å². The van der Waals surface area contributed by atoms with E-state index in [0.29, 0.717) is 24.6 Å². The first-order valence-electron chi connectivity index (χ1n) is 8.26. The van der Waals surface area contributed by atoms with Crippen LogP contribution in [0.4, 0.5) is 0 Å². The van der Waals surface area contributed by atoms with E-state index in [4.69, 9.17) is 0 Å². The van der Waals surface area contributed by atoms with E-state index in [2.05, 4.69) is 4.98 Å². The van der Waals surface area contributed by atoms with Crippen LogP contribution in [0, 0.1) is 11.8 Å². The van der Waals surface area contributed by atoms with Crippen LogP contribution in [0.3, 0.4) is 0 Å². The number of aromatic nitrogens is 2. The minimum absolute atomic E-state index is 0.0111. The molecule has 3 heterocycles. The average Bonchev–Trinajstić information content (AvgIpc) is 3.27. The molecule has 24 heavy (non-hydrogen) atoms. The molecule has 0 saturated carbocycles. The van der Waals surface area contributed by atoms with Gasteiger partial charge in [0.05, 0.1) is 12.2 Å².